The van der Waals surface area contributed by atoms with Crippen LogP contribution in [0, 0.1) is 11.8 Å². The van der Waals surface area contributed by atoms with Crippen molar-refractivity contribution in [3.8, 4) is 0 Å². The molecule has 2 unspecified atom stereocenters. The van der Waals surface area contributed by atoms with E-state index in [9.17, 15) is 46.9 Å². The lowest BCUT2D eigenvalue weighted by Crippen LogP contribution is -2.24. The number of carbonyl (C=O) groups excluding carboxylic acids is 2. The zero-order valence-corrected chi connectivity index (χ0v) is 45.0. The number of benzene rings is 2. The number of carbonyl (C=O) groups is 2. The Balaban J connectivity index is 0.000000211. The van der Waals surface area contributed by atoms with Gasteiger partial charge in [0.25, 0.3) is 0 Å². The van der Waals surface area contributed by atoms with Gasteiger partial charge in [-0.2, -0.15) is 16.8 Å². The number of nitrogens with two attached hydrogens (primary N) is 2. The van der Waals surface area contributed by atoms with Crippen LogP contribution in [0.2, 0.25) is 8.67 Å². The second-order valence-electron chi connectivity index (χ2n) is 16.7. The van der Waals surface area contributed by atoms with Gasteiger partial charge in [-0.25, -0.2) is 30.2 Å². The van der Waals surface area contributed by atoms with Crippen molar-refractivity contribution in [2.24, 2.45) is 22.1 Å². The van der Waals surface area contributed by atoms with Gasteiger partial charge >= 0.3 is 20.6 Å². The Morgan fingerprint density at radius 3 is 1.43 bits per heavy atom. The van der Waals surface area contributed by atoms with Crippen LogP contribution in [0.3, 0.4) is 0 Å². The second-order valence-corrected chi connectivity index (χ2v) is 24.2. The van der Waals surface area contributed by atoms with Gasteiger partial charge in [0.2, 0.25) is 11.6 Å². The summed E-state index contributed by atoms with van der Waals surface area (Å²) in [6.45, 7) is -0.491. The van der Waals surface area contributed by atoms with Gasteiger partial charge in [-0.05, 0) is 73.2 Å². The molecule has 384 valence electrons. The highest BCUT2D eigenvalue weighted by Gasteiger charge is 2.37. The molecule has 0 radical (unpaired) electrons. The predicted molar refractivity (Wildman–Crippen MR) is 276 cm³/mol. The smallest absolute Gasteiger partial charge is 0.333 e. The van der Waals surface area contributed by atoms with Crippen molar-refractivity contribution < 1.29 is 55.2 Å². The third-order valence-corrected chi connectivity index (χ3v) is 16.3. The van der Waals surface area contributed by atoms with Gasteiger partial charge < -0.3 is 31.1 Å². The lowest BCUT2D eigenvalue weighted by molar-refractivity contribution is 0.100. The third kappa shape index (κ3) is 14.7. The van der Waals surface area contributed by atoms with Crippen LogP contribution in [0.1, 0.15) is 90.6 Å². The van der Waals surface area contributed by atoms with Crippen LogP contribution in [0.4, 0.5) is 11.6 Å². The Bertz CT molecular complexity index is 2950. The number of nitrogens with zero attached hydrogens (tertiary/aromatic N) is 4. The Labute approximate surface area is 447 Å². The maximum Gasteiger partial charge on any atom is 0.333 e. The summed E-state index contributed by atoms with van der Waals surface area (Å²) in [7, 11) is -8.23. The molecule has 2 aromatic carbocycles. The molecule has 2 fully saturated rings. The Kier molecular flexibility index (Phi) is 18.7. The minimum atomic E-state index is -4.11. The van der Waals surface area contributed by atoms with Gasteiger partial charge in [-0.15, -0.1) is 22.7 Å². The fourth-order valence-electron chi connectivity index (χ4n) is 8.11. The van der Waals surface area contributed by atoms with Crippen LogP contribution >= 0.6 is 77.7 Å². The summed E-state index contributed by atoms with van der Waals surface area (Å²) in [6, 6.07) is 16.8. The van der Waals surface area contributed by atoms with Crippen molar-refractivity contribution >= 4 is 122 Å². The maximum atomic E-state index is 13.4. The molecular weight excluding hydrogens is 1190 g/mol. The van der Waals surface area contributed by atoms with Gasteiger partial charge in [-0.1, -0.05) is 79.3 Å². The molecule has 2 aliphatic rings. The molecule has 20 nitrogen and oxygen atoms in total. The van der Waals surface area contributed by atoms with Gasteiger partial charge in [-0.3, -0.25) is 18.0 Å². The number of nitrogens with one attached hydrogen (secondary N) is 2. The molecule has 6 aromatic rings. The number of anilines is 2. The van der Waals surface area contributed by atoms with E-state index in [0.717, 1.165) is 31.6 Å². The molecule has 10 N–H and O–H groups in total. The van der Waals surface area contributed by atoms with E-state index < -0.39 is 56.9 Å². The first-order chi connectivity index (χ1) is 34.0. The van der Waals surface area contributed by atoms with Crippen molar-refractivity contribution in [2.75, 3.05) is 23.8 Å². The fourth-order valence-corrected chi connectivity index (χ4v) is 12.2. The van der Waals surface area contributed by atoms with E-state index in [0.29, 0.717) is 57.7 Å². The number of aliphatic hydroxyl groups excluding tert-OH is 4. The van der Waals surface area contributed by atoms with Crippen molar-refractivity contribution in [1.29, 1.82) is 0 Å². The molecule has 8 rings (SSSR count). The number of aromatic nitrogens is 4. The zero-order valence-electron chi connectivity index (χ0n) is 37.1. The predicted octanol–water partition coefficient (Wildman–Crippen LogP) is 6.08. The van der Waals surface area contributed by atoms with Crippen LogP contribution in [-0.4, -0.2) is 106 Å². The number of aliphatic hydroxyl groups is 4. The maximum absolute atomic E-state index is 13.4. The fraction of sp³-hybridized carbons (Fsp3) is 0.318. The molecule has 72 heavy (non-hydrogen) atoms. The first-order valence-corrected chi connectivity index (χ1v) is 28.3. The van der Waals surface area contributed by atoms with Gasteiger partial charge in [0.1, 0.15) is 36.5 Å². The Morgan fingerprint density at radius 2 is 1.07 bits per heavy atom. The lowest BCUT2D eigenvalue weighted by atomic mass is 10.0. The number of hydrogen-bond acceptors (Lipinski definition) is 20. The molecule has 0 aliphatic heterocycles. The molecule has 0 amide bonds. The van der Waals surface area contributed by atoms with Crippen LogP contribution in [0.5, 0.6) is 0 Å². The number of ketones is 2. The summed E-state index contributed by atoms with van der Waals surface area (Å²) in [5, 5.41) is 58.3. The van der Waals surface area contributed by atoms with E-state index in [2.05, 4.69) is 70.8 Å². The topological polar surface area (TPSA) is 329 Å². The Morgan fingerprint density at radius 1 is 0.681 bits per heavy atom. The molecule has 28 heteroatoms. The summed E-state index contributed by atoms with van der Waals surface area (Å²) in [6.07, 6.45) is 3.00. The third-order valence-electron chi connectivity index (χ3n) is 11.6. The monoisotopic (exact) mass is 1230 g/mol. The quantitative estimate of drug-likeness (QED) is 0.0452. The average Bonchev–Trinajstić information content (AvgIpc) is 4.11. The van der Waals surface area contributed by atoms with E-state index in [1.54, 1.807) is 48.5 Å². The second kappa shape index (κ2) is 24.2. The molecule has 4 aromatic heterocycles. The summed E-state index contributed by atoms with van der Waals surface area (Å²) in [5.74, 6) is -1.16. The van der Waals surface area contributed by atoms with Crippen molar-refractivity contribution in [3.05, 3.63) is 146 Å². The van der Waals surface area contributed by atoms with E-state index >= 15 is 0 Å². The summed E-state index contributed by atoms with van der Waals surface area (Å²) < 4.78 is 55.7. The highest BCUT2D eigenvalue weighted by Crippen LogP contribution is 2.40. The van der Waals surface area contributed by atoms with Crippen molar-refractivity contribution in [1.82, 2.24) is 19.9 Å². The number of halogens is 4. The number of rotatable bonds is 18. The van der Waals surface area contributed by atoms with Crippen LogP contribution in [0.15, 0.2) is 94.7 Å². The first kappa shape index (κ1) is 55.8. The molecule has 2 aliphatic carbocycles. The summed E-state index contributed by atoms with van der Waals surface area (Å²) in [4.78, 5) is 43.6. The molecule has 0 saturated heterocycles. The molecule has 8 atom stereocenters. The minimum absolute atomic E-state index is 0.192. The van der Waals surface area contributed by atoms with Crippen LogP contribution in [-0.2, 0) is 29.0 Å². The van der Waals surface area contributed by atoms with E-state index in [1.165, 1.54) is 25.0 Å². The van der Waals surface area contributed by atoms with Crippen molar-refractivity contribution in [3.63, 3.8) is 0 Å². The molecule has 0 spiro atoms. The lowest BCUT2D eigenvalue weighted by Gasteiger charge is -2.15. The zero-order chi connectivity index (χ0) is 52.1. The Hall–Kier alpha value is -3.94. The SMILES string of the molecule is NS(=O)(=O)OC[C@H]1C[C@@H](Nc2ncncc2C(=O)c2cc(C(O)c3cccc(Br)c3)c(Cl)s2)C[C@@H]1O.NS(=O)(=O)OC[C@H]1C[C@@H](Nc2ncncc2C(=O)c2cc(C(O)c3cccc(Br)c3)c(Cl)s2)C[C@@H]1O. The van der Waals surface area contributed by atoms with E-state index in [-0.39, 0.29) is 68.3 Å². The summed E-state index contributed by atoms with van der Waals surface area (Å²) in [5.41, 5.74) is 2.44. The minimum Gasteiger partial charge on any atom is -0.393 e. The van der Waals surface area contributed by atoms with E-state index in [4.69, 9.17) is 33.5 Å². The largest absolute Gasteiger partial charge is 0.393 e. The molecule has 2 saturated carbocycles. The van der Waals surface area contributed by atoms with Crippen molar-refractivity contribution in [2.45, 2.75) is 62.2 Å². The van der Waals surface area contributed by atoms with E-state index in [1.807, 2.05) is 12.1 Å². The first-order valence-electron chi connectivity index (χ1n) is 21.4. The van der Waals surface area contributed by atoms with Crippen LogP contribution in [0.25, 0.3) is 0 Å². The van der Waals surface area contributed by atoms with Crippen LogP contribution < -0.4 is 20.9 Å². The number of thiophene rings is 2. The summed E-state index contributed by atoms with van der Waals surface area (Å²) >= 11 is 21.6. The highest BCUT2D eigenvalue weighted by atomic mass is 79.9. The van der Waals surface area contributed by atoms with Gasteiger partial charge in [0.05, 0.1) is 55.0 Å². The molecule has 4 heterocycles. The van der Waals surface area contributed by atoms with Gasteiger partial charge in [0, 0.05) is 56.4 Å². The molecule has 0 bridgehead atoms. The average molecular weight is 1240 g/mol. The highest BCUT2D eigenvalue weighted by molar-refractivity contribution is 9.10. The normalized spacial score (nSPS) is 20.9. The van der Waals surface area contributed by atoms with Gasteiger partial charge in [0.15, 0.2) is 0 Å². The standard InChI is InChI=1S/2C22H22BrClN4O6S2/c2*23-13-3-1-2-11(4-13)19(30)15-7-18(35-21(15)24)20(31)16-8-26-10-27-22(16)28-14-5-12(17(29)6-14)9-34-36(25,32)33/h2*1-4,7-8,10,12,14,17,19,29-30H,5-6,9H2,(H2,25,32,33)(H,26,27,28)/t2*12-,14-,17+,19?/m11/s1. The molecular formula is C44H44Br2Cl2N8O12S4. The number of hydrogen-bond donors (Lipinski definition) is 8.